The molecule has 6 heteroatoms. The molecule has 0 aromatic heterocycles. The smallest absolute Gasteiger partial charge is 0.321 e. The second-order valence-corrected chi connectivity index (χ2v) is 5.69. The molecule has 0 unspecified atom stereocenters. The molecule has 2 N–H and O–H groups in total. The normalized spacial score (nSPS) is 12.8. The Morgan fingerprint density at radius 2 is 1.79 bits per heavy atom. The summed E-state index contributed by atoms with van der Waals surface area (Å²) in [6.45, 7) is 5.87. The van der Waals surface area contributed by atoms with Gasteiger partial charge in [0.05, 0.1) is 5.92 Å². The van der Waals surface area contributed by atoms with Crippen molar-refractivity contribution in [3.05, 3.63) is 35.9 Å². The number of hydrogen-bond donors (Lipinski definition) is 2. The molecule has 0 bridgehead atoms. The number of benzene rings is 1. The van der Waals surface area contributed by atoms with Crippen molar-refractivity contribution in [3.8, 4) is 0 Å². The molecule has 0 saturated heterocycles. The van der Waals surface area contributed by atoms with Gasteiger partial charge in [-0.25, -0.2) is 4.79 Å². The van der Waals surface area contributed by atoms with Crippen LogP contribution in [0.15, 0.2) is 30.3 Å². The first-order chi connectivity index (χ1) is 11.5. The first kappa shape index (κ1) is 19.7. The molecular weight excluding hydrogens is 308 g/mol. The van der Waals surface area contributed by atoms with E-state index in [1.54, 1.807) is 0 Å². The molecule has 0 fully saturated rings. The van der Waals surface area contributed by atoms with E-state index in [-0.39, 0.29) is 5.92 Å². The summed E-state index contributed by atoms with van der Waals surface area (Å²) >= 11 is 0. The van der Waals surface area contributed by atoms with Crippen LogP contribution in [0.25, 0.3) is 0 Å². The molecule has 132 valence electrons. The van der Waals surface area contributed by atoms with E-state index in [9.17, 15) is 14.4 Å². The highest BCUT2D eigenvalue weighted by Gasteiger charge is 2.27. The Hall–Kier alpha value is -2.37. The van der Waals surface area contributed by atoms with Gasteiger partial charge in [-0.2, -0.15) is 0 Å². The Kier molecular flexibility index (Phi) is 8.54. The standard InChI is InChI=1S/C18H26N2O4/c1-4-11-19-18(23)20-15(21)12-24-17(22)16(13(3)5-2)14-9-7-6-8-10-14/h6-10,13,16H,4-5,11-12H2,1-3H3,(H2,19,20,21,23)/t13-,16+/m1/s1. The third kappa shape index (κ3) is 6.40. The zero-order valence-corrected chi connectivity index (χ0v) is 14.5. The lowest BCUT2D eigenvalue weighted by atomic mass is 9.86. The maximum Gasteiger partial charge on any atom is 0.321 e. The average molecular weight is 334 g/mol. The number of amides is 3. The molecule has 0 aliphatic heterocycles. The lowest BCUT2D eigenvalue weighted by molar-refractivity contribution is -0.151. The number of hydrogen-bond acceptors (Lipinski definition) is 4. The number of rotatable bonds is 8. The fraction of sp³-hybridized carbons (Fsp3) is 0.500. The number of carbonyl (C=O) groups excluding carboxylic acids is 3. The minimum atomic E-state index is -0.645. The lowest BCUT2D eigenvalue weighted by Gasteiger charge is -2.21. The second-order valence-electron chi connectivity index (χ2n) is 5.69. The maximum atomic E-state index is 12.4. The van der Waals surface area contributed by atoms with E-state index < -0.39 is 30.4 Å². The quantitative estimate of drug-likeness (QED) is 0.716. The third-order valence-corrected chi connectivity index (χ3v) is 3.76. The minimum absolute atomic E-state index is 0.0795. The number of ether oxygens (including phenoxy) is 1. The van der Waals surface area contributed by atoms with Crippen molar-refractivity contribution in [1.29, 1.82) is 0 Å². The zero-order valence-electron chi connectivity index (χ0n) is 14.5. The molecule has 6 nitrogen and oxygen atoms in total. The van der Waals surface area contributed by atoms with Crippen molar-refractivity contribution in [2.75, 3.05) is 13.2 Å². The monoisotopic (exact) mass is 334 g/mol. The number of carbonyl (C=O) groups is 3. The molecule has 0 aliphatic carbocycles. The van der Waals surface area contributed by atoms with Gasteiger partial charge >= 0.3 is 12.0 Å². The highest BCUT2D eigenvalue weighted by atomic mass is 16.5. The zero-order chi connectivity index (χ0) is 17.9. The van der Waals surface area contributed by atoms with Gasteiger partial charge in [0, 0.05) is 6.54 Å². The van der Waals surface area contributed by atoms with Crippen molar-refractivity contribution in [2.45, 2.75) is 39.5 Å². The van der Waals surface area contributed by atoms with Crippen molar-refractivity contribution >= 4 is 17.9 Å². The summed E-state index contributed by atoms with van der Waals surface area (Å²) in [4.78, 5) is 35.5. The number of nitrogens with one attached hydrogen (secondary N) is 2. The van der Waals surface area contributed by atoms with Crippen LogP contribution in [0.2, 0.25) is 0 Å². The highest BCUT2D eigenvalue weighted by Crippen LogP contribution is 2.28. The van der Waals surface area contributed by atoms with Crippen LogP contribution in [-0.4, -0.2) is 31.1 Å². The van der Waals surface area contributed by atoms with Gasteiger partial charge in [0.15, 0.2) is 6.61 Å². The Balaban J connectivity index is 2.60. The lowest BCUT2D eigenvalue weighted by Crippen LogP contribution is -2.42. The highest BCUT2D eigenvalue weighted by molar-refractivity contribution is 5.95. The summed E-state index contributed by atoms with van der Waals surface area (Å²) in [6.07, 6.45) is 1.57. The van der Waals surface area contributed by atoms with Crippen LogP contribution >= 0.6 is 0 Å². The molecule has 0 aliphatic rings. The Morgan fingerprint density at radius 3 is 2.38 bits per heavy atom. The molecular formula is C18H26N2O4. The van der Waals surface area contributed by atoms with E-state index in [0.717, 1.165) is 18.4 Å². The SMILES string of the molecule is CCCNC(=O)NC(=O)COC(=O)[C@H](c1ccccc1)[C@H](C)CC. The van der Waals surface area contributed by atoms with Crippen LogP contribution < -0.4 is 10.6 Å². The van der Waals surface area contributed by atoms with Gasteiger partial charge in [-0.05, 0) is 17.9 Å². The summed E-state index contributed by atoms with van der Waals surface area (Å²) in [5.74, 6) is -1.46. The topological polar surface area (TPSA) is 84.5 Å². The van der Waals surface area contributed by atoms with Crippen LogP contribution in [0, 0.1) is 5.92 Å². The Bertz CT molecular complexity index is 545. The molecule has 1 aromatic carbocycles. The largest absolute Gasteiger partial charge is 0.455 e. The molecule has 3 amide bonds. The van der Waals surface area contributed by atoms with Gasteiger partial charge in [-0.3, -0.25) is 14.9 Å². The van der Waals surface area contributed by atoms with Gasteiger partial charge in [0.2, 0.25) is 0 Å². The fourth-order valence-corrected chi connectivity index (χ4v) is 2.26. The molecule has 2 atom stereocenters. The van der Waals surface area contributed by atoms with Gasteiger partial charge < -0.3 is 10.1 Å². The Labute approximate surface area is 143 Å². The summed E-state index contributed by atoms with van der Waals surface area (Å²) < 4.78 is 5.12. The number of esters is 1. The molecule has 1 rings (SSSR count). The van der Waals surface area contributed by atoms with Crippen LogP contribution in [-0.2, 0) is 14.3 Å². The van der Waals surface area contributed by atoms with Gasteiger partial charge in [-0.15, -0.1) is 0 Å². The van der Waals surface area contributed by atoms with Gasteiger partial charge in [0.1, 0.15) is 0 Å². The van der Waals surface area contributed by atoms with Crippen molar-refractivity contribution < 1.29 is 19.1 Å². The summed E-state index contributed by atoms with van der Waals surface area (Å²) in [7, 11) is 0. The first-order valence-electron chi connectivity index (χ1n) is 8.28. The van der Waals surface area contributed by atoms with E-state index in [1.807, 2.05) is 51.1 Å². The van der Waals surface area contributed by atoms with Gasteiger partial charge in [-0.1, -0.05) is 57.5 Å². The van der Waals surface area contributed by atoms with E-state index in [2.05, 4.69) is 10.6 Å². The Morgan fingerprint density at radius 1 is 1.12 bits per heavy atom. The van der Waals surface area contributed by atoms with Crippen LogP contribution in [0.3, 0.4) is 0 Å². The number of imide groups is 1. The molecule has 1 aromatic rings. The fourth-order valence-electron chi connectivity index (χ4n) is 2.26. The summed E-state index contributed by atoms with van der Waals surface area (Å²) in [6, 6.07) is 8.77. The second kappa shape index (κ2) is 10.4. The van der Waals surface area contributed by atoms with E-state index in [4.69, 9.17) is 4.74 Å². The predicted octanol–water partition coefficient (Wildman–Crippen LogP) is 2.60. The molecule has 0 spiro atoms. The average Bonchev–Trinajstić information content (AvgIpc) is 2.59. The van der Waals surface area contributed by atoms with Gasteiger partial charge in [0.25, 0.3) is 5.91 Å². The minimum Gasteiger partial charge on any atom is -0.455 e. The third-order valence-electron chi connectivity index (χ3n) is 3.76. The predicted molar refractivity (Wildman–Crippen MR) is 91.4 cm³/mol. The maximum absolute atomic E-state index is 12.4. The molecule has 0 saturated carbocycles. The van der Waals surface area contributed by atoms with E-state index in [1.165, 1.54) is 0 Å². The molecule has 0 radical (unpaired) electrons. The van der Waals surface area contributed by atoms with Crippen LogP contribution in [0.4, 0.5) is 4.79 Å². The van der Waals surface area contributed by atoms with Crippen LogP contribution in [0.5, 0.6) is 0 Å². The van der Waals surface area contributed by atoms with Crippen molar-refractivity contribution in [2.24, 2.45) is 5.92 Å². The van der Waals surface area contributed by atoms with Crippen molar-refractivity contribution in [3.63, 3.8) is 0 Å². The number of urea groups is 1. The van der Waals surface area contributed by atoms with E-state index in [0.29, 0.717) is 6.54 Å². The summed E-state index contributed by atoms with van der Waals surface area (Å²) in [5, 5.41) is 4.64. The first-order valence-corrected chi connectivity index (χ1v) is 8.28. The summed E-state index contributed by atoms with van der Waals surface area (Å²) in [5.41, 5.74) is 0.859. The van der Waals surface area contributed by atoms with E-state index >= 15 is 0 Å². The molecule has 0 heterocycles. The van der Waals surface area contributed by atoms with Crippen molar-refractivity contribution in [1.82, 2.24) is 10.6 Å². The van der Waals surface area contributed by atoms with Crippen LogP contribution in [0.1, 0.15) is 45.1 Å². The molecule has 24 heavy (non-hydrogen) atoms.